The molecule has 0 aliphatic heterocycles. The van der Waals surface area contributed by atoms with Crippen LogP contribution in [0.25, 0.3) is 0 Å². The van der Waals surface area contributed by atoms with Crippen LogP contribution in [0.5, 0.6) is 16.7 Å². The Labute approximate surface area is 121 Å². The predicted octanol–water partition coefficient (Wildman–Crippen LogP) is 3.05. The number of ether oxygens (including phenoxy) is 3. The molecule has 1 aromatic heterocycles. The Balaban J connectivity index is 1.96. The van der Waals surface area contributed by atoms with E-state index in [1.807, 2.05) is 12.1 Å². The lowest BCUT2D eigenvalue weighted by Crippen LogP contribution is -2.06. The van der Waals surface area contributed by atoms with Crippen LogP contribution in [0.15, 0.2) is 30.5 Å². The quantitative estimate of drug-likeness (QED) is 0.766. The van der Waals surface area contributed by atoms with Crippen molar-refractivity contribution in [3.63, 3.8) is 0 Å². The third-order valence-corrected chi connectivity index (χ3v) is 3.30. The van der Waals surface area contributed by atoms with Gasteiger partial charge in [0.2, 0.25) is 0 Å². The van der Waals surface area contributed by atoms with Crippen molar-refractivity contribution in [1.29, 1.82) is 0 Å². The number of methoxy groups -OCH3 is 1. The normalized spacial score (nSPS) is 10.1. The highest BCUT2D eigenvalue weighted by Crippen LogP contribution is 2.28. The highest BCUT2D eigenvalue weighted by molar-refractivity contribution is 7.13. The summed E-state index contributed by atoms with van der Waals surface area (Å²) in [5.74, 6) is 1.18. The molecule has 0 spiro atoms. The van der Waals surface area contributed by atoms with Crippen molar-refractivity contribution >= 4 is 17.3 Å². The number of benzene rings is 1. The minimum atomic E-state index is -0.257. The molecule has 20 heavy (non-hydrogen) atoms. The van der Waals surface area contributed by atoms with Crippen molar-refractivity contribution < 1.29 is 19.0 Å². The summed E-state index contributed by atoms with van der Waals surface area (Å²) in [7, 11) is 1.61. The number of hydrogen-bond donors (Lipinski definition) is 0. The minimum absolute atomic E-state index is 0.220. The van der Waals surface area contributed by atoms with Gasteiger partial charge >= 0.3 is 5.97 Å². The predicted molar refractivity (Wildman–Crippen MR) is 75.5 cm³/mol. The second-order valence-corrected chi connectivity index (χ2v) is 4.93. The first kappa shape index (κ1) is 14.3. The summed E-state index contributed by atoms with van der Waals surface area (Å²) >= 11 is 1.33. The summed E-state index contributed by atoms with van der Waals surface area (Å²) in [6.45, 7) is 2.16. The molecule has 0 N–H and O–H groups in total. The smallest absolute Gasteiger partial charge is 0.311 e. The van der Waals surface area contributed by atoms with Crippen LogP contribution in [0.2, 0.25) is 0 Å². The van der Waals surface area contributed by atoms with Crippen LogP contribution in [-0.2, 0) is 16.0 Å². The zero-order valence-corrected chi connectivity index (χ0v) is 12.1. The third-order valence-electron chi connectivity index (χ3n) is 2.42. The molecule has 2 aromatic rings. The zero-order valence-electron chi connectivity index (χ0n) is 11.3. The summed E-state index contributed by atoms with van der Waals surface area (Å²) in [5, 5.41) is 0.495. The molecule has 1 heterocycles. The molecule has 0 unspecified atom stereocenters. The van der Waals surface area contributed by atoms with Gasteiger partial charge < -0.3 is 14.2 Å². The van der Waals surface area contributed by atoms with Crippen molar-refractivity contribution in [1.82, 2.24) is 4.98 Å². The molecule has 0 saturated heterocycles. The van der Waals surface area contributed by atoms with E-state index in [4.69, 9.17) is 14.2 Å². The Bertz CT molecular complexity index is 565. The van der Waals surface area contributed by atoms with Crippen molar-refractivity contribution in [2.45, 2.75) is 13.3 Å². The number of hydrogen-bond acceptors (Lipinski definition) is 6. The number of nitrogens with zero attached hydrogens (tertiary/aromatic N) is 1. The van der Waals surface area contributed by atoms with Gasteiger partial charge in [0, 0.05) is 11.1 Å². The Morgan fingerprint density at radius 3 is 2.60 bits per heavy atom. The summed E-state index contributed by atoms with van der Waals surface area (Å²) in [6.07, 6.45) is 1.85. The van der Waals surface area contributed by atoms with Crippen LogP contribution >= 0.6 is 11.3 Å². The fourth-order valence-electron chi connectivity index (χ4n) is 1.52. The highest BCUT2D eigenvalue weighted by atomic mass is 32.1. The molecule has 106 valence electrons. The molecule has 5 nitrogen and oxygen atoms in total. The Morgan fingerprint density at radius 2 is 1.95 bits per heavy atom. The van der Waals surface area contributed by atoms with E-state index >= 15 is 0 Å². The van der Waals surface area contributed by atoms with E-state index in [0.29, 0.717) is 17.6 Å². The Morgan fingerprint density at radius 1 is 1.25 bits per heavy atom. The van der Waals surface area contributed by atoms with Crippen molar-refractivity contribution in [2.24, 2.45) is 0 Å². The van der Waals surface area contributed by atoms with Gasteiger partial charge in [0.25, 0.3) is 5.19 Å². The number of carbonyl (C=O) groups is 1. The van der Waals surface area contributed by atoms with E-state index in [1.54, 1.807) is 32.4 Å². The van der Waals surface area contributed by atoms with E-state index in [2.05, 4.69) is 4.98 Å². The van der Waals surface area contributed by atoms with Crippen molar-refractivity contribution in [2.75, 3.05) is 13.7 Å². The summed E-state index contributed by atoms with van der Waals surface area (Å²) < 4.78 is 15.6. The molecule has 0 radical (unpaired) electrons. The molecule has 0 amide bonds. The maximum Gasteiger partial charge on any atom is 0.311 e. The molecule has 0 saturated carbocycles. The van der Waals surface area contributed by atoms with Crippen molar-refractivity contribution in [3.8, 4) is 16.7 Å². The van der Waals surface area contributed by atoms with E-state index in [-0.39, 0.29) is 12.4 Å². The first-order chi connectivity index (χ1) is 9.71. The molecule has 0 bridgehead atoms. The number of carbonyl (C=O) groups excluding carboxylic acids is 1. The van der Waals surface area contributed by atoms with Crippen LogP contribution in [0.3, 0.4) is 0 Å². The highest BCUT2D eigenvalue weighted by Gasteiger charge is 2.09. The lowest BCUT2D eigenvalue weighted by Gasteiger charge is -2.03. The molecule has 0 aliphatic rings. The second-order valence-electron chi connectivity index (χ2n) is 3.85. The van der Waals surface area contributed by atoms with Gasteiger partial charge in [-0.05, 0) is 31.2 Å². The van der Waals surface area contributed by atoms with E-state index in [0.717, 1.165) is 10.6 Å². The molecule has 0 aliphatic carbocycles. The van der Waals surface area contributed by atoms with Gasteiger partial charge in [-0.2, -0.15) is 0 Å². The maximum absolute atomic E-state index is 11.4. The monoisotopic (exact) mass is 293 g/mol. The van der Waals surface area contributed by atoms with Crippen LogP contribution in [0, 0.1) is 0 Å². The van der Waals surface area contributed by atoms with Gasteiger partial charge in [-0.1, -0.05) is 11.3 Å². The standard InChI is InChI=1S/C14H15NO4S/c1-3-18-13(16)8-12-9-15-14(20-12)19-11-6-4-10(17-2)5-7-11/h4-7,9H,3,8H2,1-2H3. The molecular weight excluding hydrogens is 278 g/mol. The average Bonchev–Trinajstić information content (AvgIpc) is 2.87. The number of aromatic nitrogens is 1. The zero-order chi connectivity index (χ0) is 14.4. The SMILES string of the molecule is CCOC(=O)Cc1cnc(Oc2ccc(OC)cc2)s1. The molecule has 1 aromatic carbocycles. The van der Waals surface area contributed by atoms with Gasteiger partial charge in [-0.25, -0.2) is 4.98 Å². The van der Waals surface area contributed by atoms with Crippen molar-refractivity contribution in [3.05, 3.63) is 35.3 Å². The van der Waals surface area contributed by atoms with Gasteiger partial charge in [0.15, 0.2) is 0 Å². The lowest BCUT2D eigenvalue weighted by molar-refractivity contribution is -0.142. The van der Waals surface area contributed by atoms with Crippen LogP contribution in [0.1, 0.15) is 11.8 Å². The van der Waals surface area contributed by atoms with Crippen LogP contribution < -0.4 is 9.47 Å². The van der Waals surface area contributed by atoms with Crippen LogP contribution in [-0.4, -0.2) is 24.7 Å². The molecular formula is C14H15NO4S. The fraction of sp³-hybridized carbons (Fsp3) is 0.286. The van der Waals surface area contributed by atoms with Gasteiger partial charge in [0.1, 0.15) is 11.5 Å². The topological polar surface area (TPSA) is 57.7 Å². The molecule has 6 heteroatoms. The average molecular weight is 293 g/mol. The number of esters is 1. The van der Waals surface area contributed by atoms with E-state index < -0.39 is 0 Å². The first-order valence-electron chi connectivity index (χ1n) is 6.13. The Kier molecular flexibility index (Phi) is 4.95. The minimum Gasteiger partial charge on any atom is -0.497 e. The summed E-state index contributed by atoms with van der Waals surface area (Å²) in [5.41, 5.74) is 0. The van der Waals surface area contributed by atoms with E-state index in [1.165, 1.54) is 11.3 Å². The number of thiazole rings is 1. The number of rotatable bonds is 6. The molecule has 2 rings (SSSR count). The summed E-state index contributed by atoms with van der Waals surface area (Å²) in [4.78, 5) is 16.3. The van der Waals surface area contributed by atoms with Gasteiger partial charge in [0.05, 0.1) is 20.1 Å². The van der Waals surface area contributed by atoms with E-state index in [9.17, 15) is 4.79 Å². The Hall–Kier alpha value is -2.08. The lowest BCUT2D eigenvalue weighted by atomic mass is 10.3. The molecule has 0 atom stereocenters. The van der Waals surface area contributed by atoms with Crippen LogP contribution in [0.4, 0.5) is 0 Å². The fourth-order valence-corrected chi connectivity index (χ4v) is 2.28. The second kappa shape index (κ2) is 6.91. The van der Waals surface area contributed by atoms with Gasteiger partial charge in [-0.15, -0.1) is 0 Å². The van der Waals surface area contributed by atoms with Gasteiger partial charge in [-0.3, -0.25) is 4.79 Å². The molecule has 0 fully saturated rings. The summed E-state index contributed by atoms with van der Waals surface area (Å²) in [6, 6.07) is 7.21. The first-order valence-corrected chi connectivity index (χ1v) is 6.95. The maximum atomic E-state index is 11.4. The largest absolute Gasteiger partial charge is 0.497 e. The third kappa shape index (κ3) is 3.96.